The van der Waals surface area contributed by atoms with Crippen molar-refractivity contribution in [3.05, 3.63) is 57.6 Å². The third-order valence-corrected chi connectivity index (χ3v) is 6.29. The maximum atomic E-state index is 11.7. The Morgan fingerprint density at radius 1 is 0.711 bits per heavy atom. The van der Waals surface area contributed by atoms with Gasteiger partial charge in [0.2, 0.25) is 0 Å². The molecule has 5 nitrogen and oxygen atoms in total. The lowest BCUT2D eigenvalue weighted by Gasteiger charge is -2.27. The number of carbonyl (C=O) groups is 2. The van der Waals surface area contributed by atoms with Crippen molar-refractivity contribution in [2.45, 2.75) is 119 Å². The van der Waals surface area contributed by atoms with Gasteiger partial charge in [-0.05, 0) is 51.8 Å². The first kappa shape index (κ1) is 32.9. The first-order valence-electron chi connectivity index (χ1n) is 13.1. The Hall–Kier alpha value is -3.13. The number of rotatable bonds is 2. The van der Waals surface area contributed by atoms with Crippen LogP contribution in [0, 0.1) is 11.3 Å². The number of phenols is 1. The van der Waals surface area contributed by atoms with Gasteiger partial charge in [-0.2, -0.15) is 5.26 Å². The summed E-state index contributed by atoms with van der Waals surface area (Å²) in [4.78, 5) is 23.0. The number of hydrogen-bond donors (Lipinski definition) is 1. The highest BCUT2D eigenvalue weighted by Gasteiger charge is 2.27. The third kappa shape index (κ3) is 8.45. The molecule has 2 aromatic carbocycles. The summed E-state index contributed by atoms with van der Waals surface area (Å²) in [6, 6.07) is 9.83. The highest BCUT2D eigenvalue weighted by Crippen LogP contribution is 2.39. The van der Waals surface area contributed by atoms with Crippen molar-refractivity contribution in [1.82, 2.24) is 0 Å². The van der Waals surface area contributed by atoms with Crippen LogP contribution in [0.5, 0.6) is 11.5 Å². The van der Waals surface area contributed by atoms with Crippen LogP contribution in [0.4, 0.5) is 0 Å². The minimum atomic E-state index is -0.407. The van der Waals surface area contributed by atoms with Crippen molar-refractivity contribution in [3.8, 4) is 17.6 Å². The second-order valence-corrected chi connectivity index (χ2v) is 14.1. The van der Waals surface area contributed by atoms with E-state index in [0.717, 1.165) is 22.3 Å². The number of phenolic OH excluding ortho intramolecular Hbond substituents is 1. The average Bonchev–Trinajstić information content (AvgIpc) is 2.70. The smallest absolute Gasteiger partial charge is 0.308 e. The molecule has 0 saturated heterocycles. The summed E-state index contributed by atoms with van der Waals surface area (Å²) in [5, 5.41) is 19.6. The van der Waals surface area contributed by atoms with Gasteiger partial charge < -0.3 is 9.84 Å². The van der Waals surface area contributed by atoms with Crippen LogP contribution in [-0.4, -0.2) is 16.9 Å². The van der Waals surface area contributed by atoms with Gasteiger partial charge in [0, 0.05) is 18.1 Å². The van der Waals surface area contributed by atoms with Crippen molar-refractivity contribution in [2.24, 2.45) is 0 Å². The van der Waals surface area contributed by atoms with E-state index < -0.39 is 5.97 Å². The van der Waals surface area contributed by atoms with Crippen LogP contribution in [0.25, 0.3) is 0 Å². The Balaban J connectivity index is 0.000000382. The van der Waals surface area contributed by atoms with Gasteiger partial charge in [0.25, 0.3) is 0 Å². The van der Waals surface area contributed by atoms with Gasteiger partial charge in [-0.3, -0.25) is 9.59 Å². The molecule has 0 radical (unpaired) electrons. The van der Waals surface area contributed by atoms with E-state index in [1.54, 1.807) is 0 Å². The Kier molecular flexibility index (Phi) is 9.80. The van der Waals surface area contributed by atoms with Crippen molar-refractivity contribution in [1.29, 1.82) is 5.26 Å². The molecule has 0 heterocycles. The quantitative estimate of drug-likeness (QED) is 0.244. The Morgan fingerprint density at radius 3 is 1.47 bits per heavy atom. The molecule has 38 heavy (non-hydrogen) atoms. The van der Waals surface area contributed by atoms with Crippen LogP contribution in [0.3, 0.4) is 0 Å². The maximum Gasteiger partial charge on any atom is 0.308 e. The van der Waals surface area contributed by atoms with E-state index in [1.165, 1.54) is 13.8 Å². The number of ether oxygens (including phenoxy) is 1. The molecule has 0 aliphatic rings. The number of hydrogen-bond acceptors (Lipinski definition) is 5. The highest BCUT2D eigenvalue weighted by molar-refractivity contribution is 5.97. The molecule has 0 aliphatic carbocycles. The van der Waals surface area contributed by atoms with E-state index in [1.807, 2.05) is 65.8 Å². The topological polar surface area (TPSA) is 87.4 Å². The number of nitrogens with zero attached hydrogens (tertiary/aromatic N) is 1. The molecule has 208 valence electrons. The lowest BCUT2D eigenvalue weighted by atomic mass is 9.78. The number of esters is 1. The van der Waals surface area contributed by atoms with Gasteiger partial charge in [0.05, 0.1) is 11.1 Å². The fraction of sp³-hybridized carbons (Fsp3) is 0.545. The fourth-order valence-electron chi connectivity index (χ4n) is 3.86. The molecule has 1 N–H and O–H groups in total. The molecule has 2 rings (SSSR count). The molecule has 0 atom stereocenters. The predicted molar refractivity (Wildman–Crippen MR) is 155 cm³/mol. The number of ketones is 1. The van der Waals surface area contributed by atoms with Gasteiger partial charge in [-0.25, -0.2) is 0 Å². The van der Waals surface area contributed by atoms with Gasteiger partial charge >= 0.3 is 5.97 Å². The molecule has 0 aromatic heterocycles. The van der Waals surface area contributed by atoms with Crippen molar-refractivity contribution in [3.63, 3.8) is 0 Å². The number of benzene rings is 2. The molecular weight excluding hydrogens is 474 g/mol. The van der Waals surface area contributed by atoms with Crippen LogP contribution >= 0.6 is 0 Å². The van der Waals surface area contributed by atoms with E-state index in [2.05, 4.69) is 47.6 Å². The molecule has 0 spiro atoms. The normalized spacial score (nSPS) is 12.2. The molecular formula is C33H47NO4. The molecule has 2 aromatic rings. The van der Waals surface area contributed by atoms with Crippen LogP contribution in [-0.2, 0) is 26.5 Å². The monoisotopic (exact) mass is 521 g/mol. The van der Waals surface area contributed by atoms with Gasteiger partial charge in [-0.15, -0.1) is 0 Å². The second kappa shape index (κ2) is 11.3. The zero-order valence-electron chi connectivity index (χ0n) is 25.9. The van der Waals surface area contributed by atoms with Gasteiger partial charge in [0.15, 0.2) is 11.5 Å². The van der Waals surface area contributed by atoms with Crippen LogP contribution in [0.15, 0.2) is 24.3 Å². The van der Waals surface area contributed by atoms with Crippen molar-refractivity contribution in [2.75, 3.05) is 0 Å². The zero-order chi connectivity index (χ0) is 30.0. The number of carbonyl (C=O) groups excluding carboxylic acids is 2. The first-order chi connectivity index (χ1) is 16.9. The minimum absolute atomic E-state index is 0.0437. The first-order valence-corrected chi connectivity index (χ1v) is 13.1. The van der Waals surface area contributed by atoms with Gasteiger partial charge in [0.1, 0.15) is 11.8 Å². The summed E-state index contributed by atoms with van der Waals surface area (Å²) >= 11 is 0. The van der Waals surface area contributed by atoms with Gasteiger partial charge in [-0.1, -0.05) is 95.2 Å². The van der Waals surface area contributed by atoms with Crippen LogP contribution in [0.1, 0.15) is 135 Å². The zero-order valence-corrected chi connectivity index (χ0v) is 25.9. The Labute approximate surface area is 230 Å². The second-order valence-electron chi connectivity index (χ2n) is 14.1. The standard InChI is InChI=1S/C17H23NO2.C16H24O2/c1-11(19)20-15-12(10-18)8-13(16(2,3)4)9-14(15)17(5,6)7;1-10(17)12-8-11(15(2,3)4)9-13(14(12)18)16(5,6)7/h8-9H,1-7H3;8-9,18H,1-7H3. The highest BCUT2D eigenvalue weighted by atomic mass is 16.5. The Morgan fingerprint density at radius 2 is 1.13 bits per heavy atom. The predicted octanol–water partition coefficient (Wildman–Crippen LogP) is 8.27. The van der Waals surface area contributed by atoms with E-state index in [-0.39, 0.29) is 33.2 Å². The number of Topliss-reactive ketones (excluding diaryl/α,β-unsaturated/α-hetero) is 1. The lowest BCUT2D eigenvalue weighted by Crippen LogP contribution is -2.19. The summed E-state index contributed by atoms with van der Waals surface area (Å²) in [6.07, 6.45) is 0. The summed E-state index contributed by atoms with van der Waals surface area (Å²) in [7, 11) is 0. The van der Waals surface area contributed by atoms with E-state index >= 15 is 0 Å². The average molecular weight is 522 g/mol. The molecule has 5 heteroatoms. The maximum absolute atomic E-state index is 11.7. The summed E-state index contributed by atoms with van der Waals surface area (Å²) in [5.41, 5.74) is 4.19. The molecule has 0 saturated carbocycles. The molecule has 0 unspecified atom stereocenters. The lowest BCUT2D eigenvalue weighted by molar-refractivity contribution is -0.132. The summed E-state index contributed by atoms with van der Waals surface area (Å²) in [6.45, 7) is 27.7. The third-order valence-electron chi connectivity index (χ3n) is 6.29. The summed E-state index contributed by atoms with van der Waals surface area (Å²) in [5.74, 6) is 0.0168. The minimum Gasteiger partial charge on any atom is -0.507 e. The van der Waals surface area contributed by atoms with E-state index in [9.17, 15) is 20.0 Å². The number of nitriles is 1. The molecule has 0 bridgehead atoms. The molecule has 0 fully saturated rings. The number of aromatic hydroxyl groups is 1. The van der Waals surface area contributed by atoms with Crippen LogP contribution < -0.4 is 4.74 Å². The van der Waals surface area contributed by atoms with Crippen molar-refractivity contribution >= 4 is 11.8 Å². The molecule has 0 aliphatic heterocycles. The largest absolute Gasteiger partial charge is 0.507 e. The fourth-order valence-corrected chi connectivity index (χ4v) is 3.86. The van der Waals surface area contributed by atoms with E-state index in [4.69, 9.17) is 4.74 Å². The van der Waals surface area contributed by atoms with E-state index in [0.29, 0.717) is 16.9 Å². The Bertz CT molecular complexity index is 1230. The van der Waals surface area contributed by atoms with Crippen molar-refractivity contribution < 1.29 is 19.4 Å². The van der Waals surface area contributed by atoms with Crippen LogP contribution in [0.2, 0.25) is 0 Å². The summed E-state index contributed by atoms with van der Waals surface area (Å²) < 4.78 is 5.30. The SMILES string of the molecule is CC(=O)Oc1c(C#N)cc(C(C)(C)C)cc1C(C)(C)C.CC(=O)c1cc(C(C)(C)C)cc(C(C)(C)C)c1O. The molecule has 0 amide bonds.